The molecule has 1 aromatic heterocycles. The summed E-state index contributed by atoms with van der Waals surface area (Å²) in [5.41, 5.74) is 1.60. The van der Waals surface area contributed by atoms with Gasteiger partial charge in [0.25, 0.3) is 5.91 Å². The molecular formula is C16H20N4O2. The average molecular weight is 300 g/mol. The number of benzene rings is 1. The number of carbonyl (C=O) groups is 2. The molecule has 0 saturated carbocycles. The highest BCUT2D eigenvalue weighted by atomic mass is 16.2. The van der Waals surface area contributed by atoms with Crippen molar-refractivity contribution in [2.75, 3.05) is 6.54 Å². The van der Waals surface area contributed by atoms with Crippen molar-refractivity contribution in [2.24, 2.45) is 0 Å². The predicted octanol–water partition coefficient (Wildman–Crippen LogP) is 1.72. The van der Waals surface area contributed by atoms with Crippen molar-refractivity contribution in [3.63, 3.8) is 0 Å². The number of hydrogen-bond donors (Lipinski definition) is 3. The van der Waals surface area contributed by atoms with Crippen molar-refractivity contribution in [2.45, 2.75) is 26.3 Å². The highest BCUT2D eigenvalue weighted by Crippen LogP contribution is 2.16. The number of nitrogens with one attached hydrogen (secondary N) is 3. The average Bonchev–Trinajstić information content (AvgIpc) is 2.94. The van der Waals surface area contributed by atoms with Gasteiger partial charge < -0.3 is 10.6 Å². The molecule has 1 aromatic carbocycles. The van der Waals surface area contributed by atoms with Gasteiger partial charge in [0.2, 0.25) is 5.91 Å². The van der Waals surface area contributed by atoms with Gasteiger partial charge in [0.15, 0.2) is 0 Å². The molecule has 0 aliphatic heterocycles. The molecule has 0 unspecified atom stereocenters. The van der Waals surface area contributed by atoms with Gasteiger partial charge in [-0.25, -0.2) is 0 Å². The molecule has 2 rings (SSSR count). The predicted molar refractivity (Wildman–Crippen MR) is 84.3 cm³/mol. The topological polar surface area (TPSA) is 86.9 Å². The molecule has 3 N–H and O–H groups in total. The van der Waals surface area contributed by atoms with E-state index in [-0.39, 0.29) is 23.9 Å². The fourth-order valence-corrected chi connectivity index (χ4v) is 1.91. The summed E-state index contributed by atoms with van der Waals surface area (Å²) < 4.78 is 0. The summed E-state index contributed by atoms with van der Waals surface area (Å²) >= 11 is 0. The Hall–Kier alpha value is -2.63. The van der Waals surface area contributed by atoms with Crippen LogP contribution in [0.1, 0.15) is 31.3 Å². The Balaban J connectivity index is 1.94. The van der Waals surface area contributed by atoms with Gasteiger partial charge in [0.05, 0.1) is 12.2 Å². The molecule has 6 heteroatoms. The summed E-state index contributed by atoms with van der Waals surface area (Å²) in [4.78, 5) is 23.7. The van der Waals surface area contributed by atoms with Crippen molar-refractivity contribution in [1.29, 1.82) is 0 Å². The summed E-state index contributed by atoms with van der Waals surface area (Å²) in [5.74, 6) is -0.595. The van der Waals surface area contributed by atoms with Crippen LogP contribution in [0.2, 0.25) is 0 Å². The minimum Gasteiger partial charge on any atom is -0.350 e. The van der Waals surface area contributed by atoms with Crippen LogP contribution in [0.5, 0.6) is 0 Å². The zero-order valence-corrected chi connectivity index (χ0v) is 12.9. The third-order valence-corrected chi connectivity index (χ3v) is 2.82. The number of aromatic nitrogens is 2. The molecule has 0 saturated heterocycles. The SMILES string of the molecule is CC(C)(C)NC(=O)CNC(=O)c1cc(-c2ccccc2)n[nH]1. The van der Waals surface area contributed by atoms with Crippen LogP contribution < -0.4 is 10.6 Å². The Bertz CT molecular complexity index is 656. The Morgan fingerprint density at radius 1 is 1.18 bits per heavy atom. The molecule has 0 radical (unpaired) electrons. The van der Waals surface area contributed by atoms with Gasteiger partial charge in [0, 0.05) is 11.1 Å². The second kappa shape index (κ2) is 6.43. The monoisotopic (exact) mass is 300 g/mol. The van der Waals surface area contributed by atoms with Crippen molar-refractivity contribution in [3.05, 3.63) is 42.1 Å². The molecule has 0 atom stereocenters. The summed E-state index contributed by atoms with van der Waals surface area (Å²) in [6, 6.07) is 11.2. The van der Waals surface area contributed by atoms with Gasteiger partial charge in [-0.1, -0.05) is 30.3 Å². The molecule has 0 spiro atoms. The van der Waals surface area contributed by atoms with E-state index in [1.54, 1.807) is 6.07 Å². The number of hydrogen-bond acceptors (Lipinski definition) is 3. The summed E-state index contributed by atoms with van der Waals surface area (Å²) in [6.45, 7) is 5.57. The third kappa shape index (κ3) is 4.44. The maximum Gasteiger partial charge on any atom is 0.269 e. The van der Waals surface area contributed by atoms with E-state index in [1.807, 2.05) is 51.1 Å². The van der Waals surface area contributed by atoms with Gasteiger partial charge in [0.1, 0.15) is 5.69 Å². The van der Waals surface area contributed by atoms with Crippen LogP contribution >= 0.6 is 0 Å². The van der Waals surface area contributed by atoms with Crippen LogP contribution in [0.4, 0.5) is 0 Å². The highest BCUT2D eigenvalue weighted by molar-refractivity contribution is 5.95. The lowest BCUT2D eigenvalue weighted by atomic mass is 10.1. The molecule has 6 nitrogen and oxygen atoms in total. The fourth-order valence-electron chi connectivity index (χ4n) is 1.91. The first-order valence-corrected chi connectivity index (χ1v) is 7.05. The minimum atomic E-state index is -0.362. The summed E-state index contributed by atoms with van der Waals surface area (Å²) in [6.07, 6.45) is 0. The maximum absolute atomic E-state index is 12.0. The van der Waals surface area contributed by atoms with E-state index in [2.05, 4.69) is 20.8 Å². The van der Waals surface area contributed by atoms with Crippen LogP contribution in [0.3, 0.4) is 0 Å². The van der Waals surface area contributed by atoms with Crippen molar-refractivity contribution in [1.82, 2.24) is 20.8 Å². The number of carbonyl (C=O) groups excluding carboxylic acids is 2. The van der Waals surface area contributed by atoms with Crippen LogP contribution in [-0.4, -0.2) is 34.1 Å². The molecule has 0 aliphatic carbocycles. The van der Waals surface area contributed by atoms with Crippen molar-refractivity contribution < 1.29 is 9.59 Å². The quantitative estimate of drug-likeness (QED) is 0.803. The lowest BCUT2D eigenvalue weighted by molar-refractivity contribution is -0.121. The van der Waals surface area contributed by atoms with E-state index in [0.29, 0.717) is 11.4 Å². The second-order valence-electron chi connectivity index (χ2n) is 6.01. The Morgan fingerprint density at radius 3 is 2.50 bits per heavy atom. The normalized spacial score (nSPS) is 11.0. The molecule has 116 valence electrons. The number of rotatable bonds is 4. The Labute approximate surface area is 129 Å². The zero-order valence-electron chi connectivity index (χ0n) is 12.9. The Morgan fingerprint density at radius 2 is 1.86 bits per heavy atom. The molecule has 1 heterocycles. The number of nitrogens with zero attached hydrogens (tertiary/aromatic N) is 1. The van der Waals surface area contributed by atoms with Crippen LogP contribution in [-0.2, 0) is 4.79 Å². The largest absolute Gasteiger partial charge is 0.350 e. The number of H-pyrrole nitrogens is 1. The second-order valence-corrected chi connectivity index (χ2v) is 6.01. The molecule has 0 fully saturated rings. The molecular weight excluding hydrogens is 280 g/mol. The van der Waals surface area contributed by atoms with Crippen molar-refractivity contribution in [3.8, 4) is 11.3 Å². The lowest BCUT2D eigenvalue weighted by Gasteiger charge is -2.20. The summed E-state index contributed by atoms with van der Waals surface area (Å²) in [5, 5.41) is 12.1. The standard InChI is InChI=1S/C16H20N4O2/c1-16(2,3)18-14(21)10-17-15(22)13-9-12(19-20-13)11-7-5-4-6-8-11/h4-9H,10H2,1-3H3,(H,17,22)(H,18,21)(H,19,20). The van der Waals surface area contributed by atoms with Crippen LogP contribution in [0.15, 0.2) is 36.4 Å². The first-order chi connectivity index (χ1) is 10.3. The van der Waals surface area contributed by atoms with E-state index >= 15 is 0 Å². The molecule has 0 bridgehead atoms. The van der Waals surface area contributed by atoms with Crippen LogP contribution in [0.25, 0.3) is 11.3 Å². The molecule has 2 amide bonds. The van der Waals surface area contributed by atoms with Gasteiger partial charge in [-0.05, 0) is 26.8 Å². The minimum absolute atomic E-state index is 0.0736. The fraction of sp³-hybridized carbons (Fsp3) is 0.312. The van der Waals surface area contributed by atoms with Crippen molar-refractivity contribution >= 4 is 11.8 Å². The lowest BCUT2D eigenvalue weighted by Crippen LogP contribution is -2.45. The molecule has 22 heavy (non-hydrogen) atoms. The smallest absolute Gasteiger partial charge is 0.269 e. The zero-order chi connectivity index (χ0) is 16.2. The summed E-state index contributed by atoms with van der Waals surface area (Å²) in [7, 11) is 0. The first kappa shape index (κ1) is 15.8. The van der Waals surface area contributed by atoms with Gasteiger partial charge in [-0.2, -0.15) is 5.10 Å². The number of amides is 2. The van der Waals surface area contributed by atoms with E-state index in [9.17, 15) is 9.59 Å². The van der Waals surface area contributed by atoms with E-state index in [0.717, 1.165) is 5.56 Å². The van der Waals surface area contributed by atoms with Gasteiger partial charge in [-0.15, -0.1) is 0 Å². The Kier molecular flexibility index (Phi) is 4.60. The van der Waals surface area contributed by atoms with E-state index < -0.39 is 0 Å². The first-order valence-electron chi connectivity index (χ1n) is 7.05. The van der Waals surface area contributed by atoms with Gasteiger partial charge in [-0.3, -0.25) is 14.7 Å². The molecule has 2 aromatic rings. The molecule has 0 aliphatic rings. The number of aromatic amines is 1. The van der Waals surface area contributed by atoms with Crippen LogP contribution in [0, 0.1) is 0 Å². The maximum atomic E-state index is 12.0. The van der Waals surface area contributed by atoms with E-state index in [4.69, 9.17) is 0 Å². The van der Waals surface area contributed by atoms with E-state index in [1.165, 1.54) is 0 Å². The van der Waals surface area contributed by atoms with Gasteiger partial charge >= 0.3 is 0 Å². The highest BCUT2D eigenvalue weighted by Gasteiger charge is 2.16. The third-order valence-electron chi connectivity index (χ3n) is 2.82.